The predicted molar refractivity (Wildman–Crippen MR) is 99.4 cm³/mol. The lowest BCUT2D eigenvalue weighted by molar-refractivity contribution is 0.624. The second-order valence-corrected chi connectivity index (χ2v) is 6.75. The van der Waals surface area contributed by atoms with E-state index in [0.29, 0.717) is 16.3 Å². The van der Waals surface area contributed by atoms with Crippen LogP contribution in [0.4, 0.5) is 14.5 Å². The number of thioether (sulfide) groups is 1. The van der Waals surface area contributed by atoms with Crippen molar-refractivity contribution >= 4 is 28.2 Å². The van der Waals surface area contributed by atoms with E-state index in [1.165, 1.54) is 40.6 Å². The van der Waals surface area contributed by atoms with Crippen molar-refractivity contribution < 1.29 is 8.78 Å². The zero-order valence-electron chi connectivity index (χ0n) is 14.1. The third-order valence-corrected chi connectivity index (χ3v) is 4.97. The summed E-state index contributed by atoms with van der Waals surface area (Å²) in [5.74, 6) is -0.758. The van der Waals surface area contributed by atoms with E-state index in [2.05, 4.69) is 5.32 Å². The van der Waals surface area contributed by atoms with E-state index in [9.17, 15) is 13.6 Å². The molecule has 0 saturated heterocycles. The summed E-state index contributed by atoms with van der Waals surface area (Å²) in [5, 5.41) is 4.35. The molecule has 25 heavy (non-hydrogen) atoms. The maximum absolute atomic E-state index is 14.1. The van der Waals surface area contributed by atoms with Crippen molar-refractivity contribution in [3.05, 3.63) is 70.1 Å². The van der Waals surface area contributed by atoms with Gasteiger partial charge in [0.25, 0.3) is 5.56 Å². The molecule has 0 aliphatic rings. The Balaban J connectivity index is 2.07. The van der Waals surface area contributed by atoms with E-state index < -0.39 is 5.82 Å². The summed E-state index contributed by atoms with van der Waals surface area (Å²) < 4.78 is 28.9. The lowest BCUT2D eigenvalue weighted by Gasteiger charge is -2.20. The van der Waals surface area contributed by atoms with Crippen molar-refractivity contribution in [1.29, 1.82) is 0 Å². The fourth-order valence-electron chi connectivity index (χ4n) is 2.90. The number of halogens is 2. The molecule has 3 aromatic rings. The number of aryl methyl sites for hydroxylation is 1. The van der Waals surface area contributed by atoms with Gasteiger partial charge in [0.15, 0.2) is 0 Å². The molecule has 2 aromatic carbocycles. The lowest BCUT2D eigenvalue weighted by atomic mass is 10.00. The van der Waals surface area contributed by atoms with Crippen LogP contribution in [0, 0.1) is 11.6 Å². The molecule has 0 aliphatic heterocycles. The highest BCUT2D eigenvalue weighted by Gasteiger charge is 2.15. The molecule has 6 heteroatoms. The van der Waals surface area contributed by atoms with Gasteiger partial charge < -0.3 is 9.88 Å². The Morgan fingerprint density at radius 2 is 1.84 bits per heavy atom. The number of nitrogens with one attached hydrogen (secondary N) is 1. The predicted octanol–water partition coefficient (Wildman–Crippen LogP) is 4.71. The van der Waals surface area contributed by atoms with Gasteiger partial charge in [-0.25, -0.2) is 8.78 Å². The van der Waals surface area contributed by atoms with Crippen LogP contribution < -0.4 is 10.9 Å². The van der Waals surface area contributed by atoms with Crippen LogP contribution in [-0.2, 0) is 7.05 Å². The van der Waals surface area contributed by atoms with Crippen LogP contribution in [-0.4, -0.2) is 10.8 Å². The van der Waals surface area contributed by atoms with Gasteiger partial charge in [-0.05, 0) is 60.5 Å². The van der Waals surface area contributed by atoms with E-state index in [1.54, 1.807) is 19.3 Å². The van der Waals surface area contributed by atoms with E-state index in [0.717, 1.165) is 10.6 Å². The van der Waals surface area contributed by atoms with Gasteiger partial charge in [-0.3, -0.25) is 4.79 Å². The first-order chi connectivity index (χ1) is 11.9. The molecular weight excluding hydrogens is 342 g/mol. The van der Waals surface area contributed by atoms with Crippen LogP contribution in [0.15, 0.2) is 52.3 Å². The maximum Gasteiger partial charge on any atom is 0.258 e. The molecule has 0 fully saturated rings. The number of fused-ring (bicyclic) bond motifs is 1. The Kier molecular flexibility index (Phi) is 4.81. The Morgan fingerprint density at radius 1 is 1.08 bits per heavy atom. The van der Waals surface area contributed by atoms with Gasteiger partial charge in [-0.15, -0.1) is 11.8 Å². The van der Waals surface area contributed by atoms with Gasteiger partial charge in [-0.1, -0.05) is 0 Å². The standard InChI is InChI=1S/C19H18F2N2OS/c1-11(22-17-5-4-12(20)10-18(17)25-3)15-8-13(21)9-16-14(15)6-7-23(2)19(16)24/h4-11,22H,1-3H3/t11-/m1/s1. The topological polar surface area (TPSA) is 34.0 Å². The third kappa shape index (κ3) is 3.39. The highest BCUT2D eigenvalue weighted by molar-refractivity contribution is 7.98. The smallest absolute Gasteiger partial charge is 0.258 e. The molecule has 0 radical (unpaired) electrons. The normalized spacial score (nSPS) is 12.4. The fourth-order valence-corrected chi connectivity index (χ4v) is 3.48. The van der Waals surface area contributed by atoms with Crippen LogP contribution in [0.2, 0.25) is 0 Å². The summed E-state index contributed by atoms with van der Waals surface area (Å²) in [6.45, 7) is 1.89. The molecular formula is C19H18F2N2OS. The summed E-state index contributed by atoms with van der Waals surface area (Å²) in [7, 11) is 1.64. The van der Waals surface area contributed by atoms with Crippen molar-refractivity contribution in [3.63, 3.8) is 0 Å². The van der Waals surface area contributed by atoms with Crippen molar-refractivity contribution in [2.24, 2.45) is 7.05 Å². The first-order valence-electron chi connectivity index (χ1n) is 7.79. The monoisotopic (exact) mass is 360 g/mol. The summed E-state index contributed by atoms with van der Waals surface area (Å²) in [6, 6.07) is 8.75. The van der Waals surface area contributed by atoms with Crippen LogP contribution in [0.1, 0.15) is 18.5 Å². The van der Waals surface area contributed by atoms with Crippen molar-refractivity contribution in [2.75, 3.05) is 11.6 Å². The number of pyridine rings is 1. The molecule has 1 atom stereocenters. The Morgan fingerprint density at radius 3 is 2.56 bits per heavy atom. The summed E-state index contributed by atoms with van der Waals surface area (Å²) in [6.07, 6.45) is 3.54. The number of nitrogens with zero attached hydrogens (tertiary/aromatic N) is 1. The number of aromatic nitrogens is 1. The molecule has 0 amide bonds. The number of benzene rings is 2. The average Bonchev–Trinajstić information content (AvgIpc) is 2.59. The largest absolute Gasteiger partial charge is 0.378 e. The second kappa shape index (κ2) is 6.88. The molecule has 0 spiro atoms. The Hall–Kier alpha value is -2.34. The molecule has 0 saturated carbocycles. The first kappa shape index (κ1) is 17.5. The second-order valence-electron chi connectivity index (χ2n) is 5.90. The van der Waals surface area contributed by atoms with E-state index in [-0.39, 0.29) is 17.4 Å². The third-order valence-electron chi connectivity index (χ3n) is 4.19. The van der Waals surface area contributed by atoms with E-state index >= 15 is 0 Å². The molecule has 130 valence electrons. The van der Waals surface area contributed by atoms with Gasteiger partial charge in [0.2, 0.25) is 0 Å². The molecule has 3 rings (SSSR count). The highest BCUT2D eigenvalue weighted by atomic mass is 32.2. The van der Waals surface area contributed by atoms with Crippen LogP contribution >= 0.6 is 11.8 Å². The van der Waals surface area contributed by atoms with Gasteiger partial charge in [0.1, 0.15) is 11.6 Å². The Bertz CT molecular complexity index is 1000. The van der Waals surface area contributed by atoms with Crippen LogP contribution in [0.3, 0.4) is 0 Å². The zero-order chi connectivity index (χ0) is 18.1. The molecule has 1 N–H and O–H groups in total. The summed E-state index contributed by atoms with van der Waals surface area (Å²) >= 11 is 1.43. The van der Waals surface area contributed by atoms with Crippen LogP contribution in [0.25, 0.3) is 10.8 Å². The zero-order valence-corrected chi connectivity index (χ0v) is 15.0. The van der Waals surface area contributed by atoms with Gasteiger partial charge in [0.05, 0.1) is 5.39 Å². The molecule has 0 unspecified atom stereocenters. The number of hydrogen-bond acceptors (Lipinski definition) is 3. The fraction of sp³-hybridized carbons (Fsp3) is 0.211. The minimum absolute atomic E-state index is 0.239. The summed E-state index contributed by atoms with van der Waals surface area (Å²) in [4.78, 5) is 13.0. The first-order valence-corrected chi connectivity index (χ1v) is 9.02. The lowest BCUT2D eigenvalue weighted by Crippen LogP contribution is -2.17. The van der Waals surface area contributed by atoms with Crippen LogP contribution in [0.5, 0.6) is 0 Å². The average molecular weight is 360 g/mol. The molecule has 1 aromatic heterocycles. The molecule has 0 bridgehead atoms. The quantitative estimate of drug-likeness (QED) is 0.684. The highest BCUT2D eigenvalue weighted by Crippen LogP contribution is 2.31. The molecule has 0 aliphatic carbocycles. The number of hydrogen-bond donors (Lipinski definition) is 1. The van der Waals surface area contributed by atoms with Crippen molar-refractivity contribution in [2.45, 2.75) is 17.9 Å². The van der Waals surface area contributed by atoms with Gasteiger partial charge in [0, 0.05) is 29.9 Å². The van der Waals surface area contributed by atoms with E-state index in [4.69, 9.17) is 0 Å². The minimum Gasteiger partial charge on any atom is -0.378 e. The Labute approximate surface area is 148 Å². The molecule has 1 heterocycles. The van der Waals surface area contributed by atoms with Crippen molar-refractivity contribution in [1.82, 2.24) is 4.57 Å². The number of rotatable bonds is 4. The van der Waals surface area contributed by atoms with E-state index in [1.807, 2.05) is 19.2 Å². The SMILES string of the molecule is CSc1cc(F)ccc1N[C@H](C)c1cc(F)cc2c(=O)n(C)ccc12. The maximum atomic E-state index is 14.1. The minimum atomic E-state index is -0.455. The van der Waals surface area contributed by atoms with Gasteiger partial charge >= 0.3 is 0 Å². The molecule has 3 nitrogen and oxygen atoms in total. The number of anilines is 1. The summed E-state index contributed by atoms with van der Waals surface area (Å²) in [5.41, 5.74) is 1.21. The van der Waals surface area contributed by atoms with Gasteiger partial charge in [-0.2, -0.15) is 0 Å². The van der Waals surface area contributed by atoms with Crippen molar-refractivity contribution in [3.8, 4) is 0 Å².